The normalized spacial score (nSPS) is 17.9. The minimum absolute atomic E-state index is 0.0234. The Hall–Kier alpha value is -2.58. The molecule has 1 saturated heterocycles. The average Bonchev–Trinajstić information content (AvgIpc) is 3.40. The average molecular weight is 391 g/mol. The van der Waals surface area contributed by atoms with E-state index in [-0.39, 0.29) is 23.8 Å². The predicted octanol–water partition coefficient (Wildman–Crippen LogP) is 1.85. The summed E-state index contributed by atoms with van der Waals surface area (Å²) in [6.45, 7) is 7.41. The summed E-state index contributed by atoms with van der Waals surface area (Å²) in [5, 5.41) is 7.09. The smallest absolute Gasteiger partial charge is 0.410 e. The van der Waals surface area contributed by atoms with Crippen LogP contribution >= 0.6 is 0 Å². The molecule has 1 saturated carbocycles. The number of carbonyl (C=O) groups is 3. The fourth-order valence-electron chi connectivity index (χ4n) is 3.05. The number of hydrogen-bond donors (Lipinski definition) is 1. The number of hydrogen-bond acceptors (Lipinski definition) is 5. The maximum atomic E-state index is 12.9. The van der Waals surface area contributed by atoms with Gasteiger partial charge in [0.15, 0.2) is 5.69 Å². The first-order chi connectivity index (χ1) is 13.1. The molecular weight excluding hydrogens is 362 g/mol. The Bertz CT molecular complexity index is 763. The molecule has 2 heterocycles. The summed E-state index contributed by atoms with van der Waals surface area (Å²) < 4.78 is 6.93. The van der Waals surface area contributed by atoms with Crippen molar-refractivity contribution in [1.29, 1.82) is 0 Å². The minimum atomic E-state index is -0.547. The molecule has 0 spiro atoms. The van der Waals surface area contributed by atoms with Gasteiger partial charge in [-0.05, 0) is 40.0 Å². The van der Waals surface area contributed by atoms with E-state index in [0.717, 1.165) is 12.8 Å². The Kier molecular flexibility index (Phi) is 5.62. The van der Waals surface area contributed by atoms with E-state index in [1.807, 2.05) is 20.8 Å². The Morgan fingerprint density at radius 1 is 1.11 bits per heavy atom. The van der Waals surface area contributed by atoms with Crippen LogP contribution in [-0.2, 0) is 16.6 Å². The van der Waals surface area contributed by atoms with Crippen molar-refractivity contribution in [3.63, 3.8) is 0 Å². The topological polar surface area (TPSA) is 96.8 Å². The second-order valence-corrected chi connectivity index (χ2v) is 8.42. The SMILES string of the molecule is Cn1nc(C(=O)N2CCCN(C(=O)OC(C)(C)C)CC2)cc1NC(=O)C1CC1. The molecule has 0 radical (unpaired) electrons. The van der Waals surface area contributed by atoms with Crippen molar-refractivity contribution in [3.8, 4) is 0 Å². The van der Waals surface area contributed by atoms with Crippen LogP contribution in [0.3, 0.4) is 0 Å². The van der Waals surface area contributed by atoms with Crippen molar-refractivity contribution < 1.29 is 19.1 Å². The van der Waals surface area contributed by atoms with Crippen LogP contribution in [0.15, 0.2) is 6.07 Å². The van der Waals surface area contributed by atoms with Gasteiger partial charge in [-0.25, -0.2) is 4.79 Å². The summed E-state index contributed by atoms with van der Waals surface area (Å²) in [6, 6.07) is 1.61. The monoisotopic (exact) mass is 391 g/mol. The van der Waals surface area contributed by atoms with Gasteiger partial charge in [0, 0.05) is 45.2 Å². The van der Waals surface area contributed by atoms with E-state index in [9.17, 15) is 14.4 Å². The standard InChI is InChI=1S/C19H29N5O4/c1-19(2,3)28-18(27)24-9-5-8-23(10-11-24)17(26)14-12-15(22(4)21-14)20-16(25)13-6-7-13/h12-13H,5-11H2,1-4H3,(H,20,25). The van der Waals surface area contributed by atoms with Gasteiger partial charge in [-0.1, -0.05) is 0 Å². The third-order valence-corrected chi connectivity index (χ3v) is 4.73. The van der Waals surface area contributed by atoms with E-state index < -0.39 is 5.60 Å². The van der Waals surface area contributed by atoms with Gasteiger partial charge in [0.05, 0.1) is 0 Å². The van der Waals surface area contributed by atoms with Crippen molar-refractivity contribution in [2.45, 2.75) is 45.6 Å². The van der Waals surface area contributed by atoms with Crippen molar-refractivity contribution in [2.24, 2.45) is 13.0 Å². The molecule has 9 nitrogen and oxygen atoms in total. The van der Waals surface area contributed by atoms with Gasteiger partial charge in [-0.3, -0.25) is 14.3 Å². The Morgan fingerprint density at radius 3 is 2.39 bits per heavy atom. The molecular formula is C19H29N5O4. The number of anilines is 1. The summed E-state index contributed by atoms with van der Waals surface area (Å²) in [5.41, 5.74) is -0.256. The maximum absolute atomic E-state index is 12.9. The summed E-state index contributed by atoms with van der Waals surface area (Å²) in [6.07, 6.45) is 2.14. The number of aromatic nitrogens is 2. The third kappa shape index (κ3) is 5.02. The van der Waals surface area contributed by atoms with Crippen molar-refractivity contribution in [1.82, 2.24) is 19.6 Å². The van der Waals surface area contributed by atoms with Crippen LogP contribution in [0.25, 0.3) is 0 Å². The highest BCUT2D eigenvalue weighted by atomic mass is 16.6. The summed E-state index contributed by atoms with van der Waals surface area (Å²) >= 11 is 0. The molecule has 154 valence electrons. The number of rotatable bonds is 3. The molecule has 9 heteroatoms. The van der Waals surface area contributed by atoms with Crippen molar-refractivity contribution in [2.75, 3.05) is 31.5 Å². The highest BCUT2D eigenvalue weighted by molar-refractivity contribution is 5.96. The van der Waals surface area contributed by atoms with Crippen LogP contribution < -0.4 is 5.32 Å². The van der Waals surface area contributed by atoms with Gasteiger partial charge in [-0.2, -0.15) is 5.10 Å². The molecule has 2 fully saturated rings. The zero-order valence-electron chi connectivity index (χ0n) is 17.0. The van der Waals surface area contributed by atoms with E-state index >= 15 is 0 Å². The van der Waals surface area contributed by atoms with Gasteiger partial charge in [-0.15, -0.1) is 0 Å². The minimum Gasteiger partial charge on any atom is -0.444 e. The van der Waals surface area contributed by atoms with E-state index in [0.29, 0.717) is 44.1 Å². The molecule has 0 unspecified atom stereocenters. The van der Waals surface area contributed by atoms with Gasteiger partial charge < -0.3 is 19.9 Å². The van der Waals surface area contributed by atoms with Gasteiger partial charge >= 0.3 is 6.09 Å². The molecule has 1 aromatic rings. The van der Waals surface area contributed by atoms with Gasteiger partial charge in [0.25, 0.3) is 5.91 Å². The number of amides is 3. The van der Waals surface area contributed by atoms with Gasteiger partial charge in [0.2, 0.25) is 5.91 Å². The largest absolute Gasteiger partial charge is 0.444 e. The second kappa shape index (κ2) is 7.81. The summed E-state index contributed by atoms with van der Waals surface area (Å²) in [5.74, 6) is 0.377. The van der Waals surface area contributed by atoms with Crippen LogP contribution in [0.5, 0.6) is 0 Å². The van der Waals surface area contributed by atoms with E-state index in [2.05, 4.69) is 10.4 Å². The number of aryl methyl sites for hydroxylation is 1. The fraction of sp³-hybridized carbons (Fsp3) is 0.684. The molecule has 2 aliphatic rings. The van der Waals surface area contributed by atoms with E-state index in [1.54, 1.807) is 22.9 Å². The Labute approximate surface area is 165 Å². The zero-order chi connectivity index (χ0) is 20.5. The highest BCUT2D eigenvalue weighted by Gasteiger charge is 2.31. The van der Waals surface area contributed by atoms with Gasteiger partial charge in [0.1, 0.15) is 11.4 Å². The molecule has 3 amide bonds. The van der Waals surface area contributed by atoms with Crippen LogP contribution in [-0.4, -0.2) is 69.3 Å². The lowest BCUT2D eigenvalue weighted by Gasteiger charge is -2.26. The fourth-order valence-corrected chi connectivity index (χ4v) is 3.05. The zero-order valence-corrected chi connectivity index (χ0v) is 17.0. The first-order valence-corrected chi connectivity index (χ1v) is 9.76. The quantitative estimate of drug-likeness (QED) is 0.848. The van der Waals surface area contributed by atoms with Crippen molar-refractivity contribution in [3.05, 3.63) is 11.8 Å². The Morgan fingerprint density at radius 2 is 1.75 bits per heavy atom. The highest BCUT2D eigenvalue weighted by Crippen LogP contribution is 2.30. The lowest BCUT2D eigenvalue weighted by molar-refractivity contribution is -0.117. The Balaban J connectivity index is 1.60. The van der Waals surface area contributed by atoms with Crippen molar-refractivity contribution >= 4 is 23.7 Å². The molecule has 0 aromatic carbocycles. The maximum Gasteiger partial charge on any atom is 0.410 e. The lowest BCUT2D eigenvalue weighted by atomic mass is 10.2. The second-order valence-electron chi connectivity index (χ2n) is 8.42. The van der Waals surface area contributed by atoms with E-state index in [1.165, 1.54) is 4.68 Å². The first kappa shape index (κ1) is 20.2. The van der Waals surface area contributed by atoms with Crippen LogP contribution in [0.1, 0.15) is 50.5 Å². The predicted molar refractivity (Wildman–Crippen MR) is 103 cm³/mol. The van der Waals surface area contributed by atoms with Crippen LogP contribution in [0.4, 0.5) is 10.6 Å². The molecule has 1 aliphatic carbocycles. The number of ether oxygens (including phenoxy) is 1. The number of nitrogens with zero attached hydrogens (tertiary/aromatic N) is 4. The third-order valence-electron chi connectivity index (χ3n) is 4.73. The summed E-state index contributed by atoms with van der Waals surface area (Å²) in [4.78, 5) is 40.4. The molecule has 1 aromatic heterocycles. The lowest BCUT2D eigenvalue weighted by Crippen LogP contribution is -2.40. The molecule has 3 rings (SSSR count). The van der Waals surface area contributed by atoms with Crippen LogP contribution in [0, 0.1) is 5.92 Å². The molecule has 0 bridgehead atoms. The van der Waals surface area contributed by atoms with E-state index in [4.69, 9.17) is 4.74 Å². The molecule has 1 N–H and O–H groups in total. The van der Waals surface area contributed by atoms with Crippen LogP contribution in [0.2, 0.25) is 0 Å². The summed E-state index contributed by atoms with van der Waals surface area (Å²) in [7, 11) is 1.70. The number of nitrogens with one attached hydrogen (secondary N) is 1. The first-order valence-electron chi connectivity index (χ1n) is 9.76. The molecule has 28 heavy (non-hydrogen) atoms. The molecule has 1 aliphatic heterocycles. The number of carbonyl (C=O) groups excluding carboxylic acids is 3. The molecule has 0 atom stereocenters.